The van der Waals surface area contributed by atoms with Crippen molar-refractivity contribution in [3.8, 4) is 11.5 Å². The van der Waals surface area contributed by atoms with Crippen LogP contribution in [-0.4, -0.2) is 48.4 Å². The highest BCUT2D eigenvalue weighted by molar-refractivity contribution is 7.92. The Balaban J connectivity index is 1.71. The number of urea groups is 1. The van der Waals surface area contributed by atoms with E-state index in [0.29, 0.717) is 11.3 Å². The van der Waals surface area contributed by atoms with Crippen molar-refractivity contribution in [1.82, 2.24) is 20.1 Å². The molecule has 0 aliphatic carbocycles. The molecule has 3 aromatic rings. The van der Waals surface area contributed by atoms with Crippen molar-refractivity contribution in [2.75, 3.05) is 18.1 Å². The second-order valence-electron chi connectivity index (χ2n) is 7.67. The quantitative estimate of drug-likeness (QED) is 0.588. The average Bonchev–Trinajstić information content (AvgIpc) is 3.25. The molecule has 0 spiro atoms. The number of nitrogens with two attached hydrogens (primary N) is 1. The molecule has 2 atom stereocenters. The molecule has 2 unspecified atom stereocenters. The fraction of sp³-hybridized carbons (Fsp3) is 0.300. The van der Waals surface area contributed by atoms with Crippen molar-refractivity contribution >= 4 is 15.8 Å². The van der Waals surface area contributed by atoms with Crippen LogP contribution in [-0.2, 0) is 27.9 Å². The minimum absolute atomic E-state index is 0.00952. The van der Waals surface area contributed by atoms with Crippen molar-refractivity contribution in [3.63, 3.8) is 0 Å². The normalized spacial score (nSPS) is 23.4. The number of benzene rings is 1. The highest BCUT2D eigenvalue weighted by Crippen LogP contribution is 2.37. The summed E-state index contributed by atoms with van der Waals surface area (Å²) < 4.78 is 63.9. The number of nitrogens with zero attached hydrogens (tertiary/aromatic N) is 4. The summed E-state index contributed by atoms with van der Waals surface area (Å²) in [7, 11) is -3.00. The average molecular weight is 480 g/mol. The Morgan fingerprint density at radius 3 is 2.52 bits per heavy atom. The van der Waals surface area contributed by atoms with Gasteiger partial charge >= 0.3 is 18.1 Å². The lowest BCUT2D eigenvalue weighted by atomic mass is 9.84. The van der Waals surface area contributed by atoms with Gasteiger partial charge in [-0.3, -0.25) is 9.76 Å². The number of aromatic nitrogens is 3. The number of primary amides is 1. The number of rotatable bonds is 4. The summed E-state index contributed by atoms with van der Waals surface area (Å²) in [4.78, 5) is 18.0. The minimum Gasteiger partial charge on any atom is -0.413 e. The topological polar surface area (TPSA) is 139 Å². The molecule has 0 saturated carbocycles. The number of hydrogen-bond acceptors (Lipinski definition) is 7. The Morgan fingerprint density at radius 2 is 1.94 bits per heavy atom. The maximum Gasteiger partial charge on any atom is 0.470 e. The number of hydrogen-bond donors (Lipinski definition) is 2. The number of halogens is 3. The highest BCUT2D eigenvalue weighted by atomic mass is 32.2. The lowest BCUT2D eigenvalue weighted by Gasteiger charge is -2.47. The van der Waals surface area contributed by atoms with Crippen LogP contribution in [0, 0.1) is 4.78 Å². The summed E-state index contributed by atoms with van der Waals surface area (Å²) in [5, 5.41) is 6.40. The summed E-state index contributed by atoms with van der Waals surface area (Å²) in [6.45, 7) is 0.0485. The van der Waals surface area contributed by atoms with Gasteiger partial charge in [-0.05, 0) is 17.7 Å². The smallest absolute Gasteiger partial charge is 0.413 e. The van der Waals surface area contributed by atoms with E-state index >= 15 is 0 Å². The van der Waals surface area contributed by atoms with Crippen LogP contribution < -0.4 is 5.73 Å². The van der Waals surface area contributed by atoms with Gasteiger partial charge in [-0.1, -0.05) is 30.3 Å². The van der Waals surface area contributed by atoms with E-state index in [0.717, 1.165) is 0 Å². The van der Waals surface area contributed by atoms with E-state index in [1.807, 2.05) is 0 Å². The van der Waals surface area contributed by atoms with Crippen LogP contribution in [0.25, 0.3) is 11.5 Å². The highest BCUT2D eigenvalue weighted by Gasteiger charge is 2.47. The van der Waals surface area contributed by atoms with Gasteiger partial charge in [-0.25, -0.2) is 9.00 Å². The predicted molar refractivity (Wildman–Crippen MR) is 111 cm³/mol. The molecule has 1 aromatic carbocycles. The van der Waals surface area contributed by atoms with Crippen molar-refractivity contribution in [3.05, 3.63) is 65.8 Å². The number of carbonyl (C=O) groups is 1. The molecule has 3 N–H and O–H groups in total. The van der Waals surface area contributed by atoms with E-state index in [2.05, 4.69) is 19.6 Å². The van der Waals surface area contributed by atoms with Crippen LogP contribution in [0.3, 0.4) is 0 Å². The van der Waals surface area contributed by atoms with Gasteiger partial charge in [0.25, 0.3) is 0 Å². The lowest BCUT2D eigenvalue weighted by Crippen LogP contribution is -2.61. The standard InChI is InChI=1S/C20H19F3N6O3S/c21-20(22,23)17-28-27-16(32-17)13-6-7-15(26-11-13)10-19(14-4-2-1-3-5-14)12-33(25,31)9-8-29(19)18(24)30/h1-7,11,25H,8-10,12H2,(H2,24,30). The Kier molecular flexibility index (Phi) is 5.60. The van der Waals surface area contributed by atoms with Crippen molar-refractivity contribution in [1.29, 1.82) is 4.78 Å². The third-order valence-electron chi connectivity index (χ3n) is 5.42. The van der Waals surface area contributed by atoms with Gasteiger partial charge in [-0.15, -0.1) is 10.2 Å². The molecule has 1 aliphatic heterocycles. The Labute approximate surface area is 186 Å². The molecule has 0 radical (unpaired) electrons. The fourth-order valence-electron chi connectivity index (χ4n) is 3.96. The Bertz CT molecular complexity index is 1260. The second kappa shape index (κ2) is 8.14. The molecule has 1 saturated heterocycles. The first-order chi connectivity index (χ1) is 15.5. The van der Waals surface area contributed by atoms with Gasteiger partial charge in [0.05, 0.1) is 16.9 Å². The van der Waals surface area contributed by atoms with Crippen molar-refractivity contribution in [2.24, 2.45) is 5.73 Å². The number of pyridine rings is 1. The van der Waals surface area contributed by atoms with Crippen LogP contribution in [0.15, 0.2) is 53.1 Å². The van der Waals surface area contributed by atoms with E-state index < -0.39 is 33.4 Å². The first kappa shape index (κ1) is 22.7. The van der Waals surface area contributed by atoms with Gasteiger partial charge in [0.1, 0.15) is 0 Å². The van der Waals surface area contributed by atoms with E-state index in [4.69, 9.17) is 10.5 Å². The molecule has 3 heterocycles. The summed E-state index contributed by atoms with van der Waals surface area (Å²) in [6.07, 6.45) is -3.39. The second-order valence-corrected chi connectivity index (χ2v) is 9.99. The fourth-order valence-corrected chi connectivity index (χ4v) is 5.77. The third kappa shape index (κ3) is 4.53. The number of amides is 2. The number of carbonyl (C=O) groups excluding carboxylic acids is 1. The van der Waals surface area contributed by atoms with Gasteiger partial charge in [0.15, 0.2) is 0 Å². The zero-order valence-corrected chi connectivity index (χ0v) is 17.9. The Morgan fingerprint density at radius 1 is 1.21 bits per heavy atom. The van der Waals surface area contributed by atoms with Crippen LogP contribution in [0.4, 0.5) is 18.0 Å². The third-order valence-corrected chi connectivity index (χ3v) is 7.21. The number of alkyl halides is 3. The molecule has 1 fully saturated rings. The number of nitrogens with one attached hydrogen (secondary N) is 1. The summed E-state index contributed by atoms with van der Waals surface area (Å²) in [5.74, 6) is -1.93. The van der Waals surface area contributed by atoms with Gasteiger partial charge in [0, 0.05) is 40.3 Å². The van der Waals surface area contributed by atoms with Gasteiger partial charge < -0.3 is 15.1 Å². The SMILES string of the molecule is N=S1(=O)CCN(C(N)=O)C(Cc2ccc(-c3nnc(C(F)(F)F)o3)cn2)(c2ccccc2)C1. The maximum atomic E-state index is 12.8. The summed E-state index contributed by atoms with van der Waals surface area (Å²) in [5.41, 5.74) is 5.75. The zero-order chi connectivity index (χ0) is 23.9. The molecule has 2 amide bonds. The van der Waals surface area contributed by atoms with E-state index in [1.54, 1.807) is 30.3 Å². The van der Waals surface area contributed by atoms with E-state index in [9.17, 15) is 22.2 Å². The largest absolute Gasteiger partial charge is 0.470 e. The summed E-state index contributed by atoms with van der Waals surface area (Å²) in [6, 6.07) is 11.1. The van der Waals surface area contributed by atoms with Gasteiger partial charge in [0.2, 0.25) is 5.89 Å². The molecule has 13 heteroatoms. The summed E-state index contributed by atoms with van der Waals surface area (Å²) >= 11 is 0. The van der Waals surface area contributed by atoms with Crippen molar-refractivity contribution < 1.29 is 26.6 Å². The van der Waals surface area contributed by atoms with Crippen LogP contribution >= 0.6 is 0 Å². The van der Waals surface area contributed by atoms with Crippen LogP contribution in [0.1, 0.15) is 17.1 Å². The first-order valence-electron chi connectivity index (χ1n) is 9.73. The van der Waals surface area contributed by atoms with Crippen molar-refractivity contribution in [2.45, 2.75) is 18.1 Å². The molecule has 2 aromatic heterocycles. The molecule has 33 heavy (non-hydrogen) atoms. The molecule has 1 aliphatic rings. The lowest BCUT2D eigenvalue weighted by molar-refractivity contribution is -0.156. The molecular weight excluding hydrogens is 461 g/mol. The molecule has 9 nitrogen and oxygen atoms in total. The molecular formula is C20H19F3N6O3S. The zero-order valence-electron chi connectivity index (χ0n) is 17.1. The molecule has 174 valence electrons. The molecule has 0 bridgehead atoms. The first-order valence-corrected chi connectivity index (χ1v) is 11.6. The maximum absolute atomic E-state index is 12.8. The predicted octanol–water partition coefficient (Wildman–Crippen LogP) is 3.03. The minimum atomic E-state index is -4.76. The van der Waals surface area contributed by atoms with Crippen LogP contribution in [0.5, 0.6) is 0 Å². The molecule has 4 rings (SSSR count). The van der Waals surface area contributed by atoms with Crippen LogP contribution in [0.2, 0.25) is 0 Å². The van der Waals surface area contributed by atoms with E-state index in [-0.39, 0.29) is 35.9 Å². The monoisotopic (exact) mass is 480 g/mol. The van der Waals surface area contributed by atoms with E-state index in [1.165, 1.54) is 23.2 Å². The Hall–Kier alpha value is -3.48. The van der Waals surface area contributed by atoms with Gasteiger partial charge in [-0.2, -0.15) is 13.2 Å².